The van der Waals surface area contributed by atoms with Crippen LogP contribution in [0.15, 0.2) is 5.57 Å². The third kappa shape index (κ3) is 19.7. The van der Waals surface area contributed by atoms with Gasteiger partial charge in [-0.3, -0.25) is 0 Å². The fourth-order valence-corrected chi connectivity index (χ4v) is 3.40. The number of hydrogen-bond donors (Lipinski definition) is 2. The molecular formula is C23H46N2O. The van der Waals surface area contributed by atoms with Crippen LogP contribution in [0.25, 0.3) is 0 Å². The molecule has 0 aliphatic rings. The lowest BCUT2D eigenvalue weighted by atomic mass is 10.0. The molecule has 0 heterocycles. The third-order valence-electron chi connectivity index (χ3n) is 5.14. The Morgan fingerprint density at radius 3 is 1.54 bits per heavy atom. The molecule has 0 radical (unpaired) electrons. The van der Waals surface area contributed by atoms with Gasteiger partial charge in [0.25, 0.3) is 0 Å². The molecule has 26 heavy (non-hydrogen) atoms. The fraction of sp³-hybridized carbons (Fsp3) is 0.913. The summed E-state index contributed by atoms with van der Waals surface area (Å²) in [5.74, 6) is 2.08. The van der Waals surface area contributed by atoms with Crippen LogP contribution in [0.3, 0.4) is 0 Å². The standard InChI is InChI=1S/C23H46N2O/c1-2-3-4-5-6-7-8-9-10-11-12-13-14-15-16-17-18-23(22-26)21-25-20-19-24/h25H,2-21,24H2,1H3. The highest BCUT2D eigenvalue weighted by Gasteiger charge is 1.99. The lowest BCUT2D eigenvalue weighted by Crippen LogP contribution is -2.24. The minimum Gasteiger partial charge on any atom is -0.329 e. The zero-order valence-electron chi connectivity index (χ0n) is 17.6. The number of rotatable bonds is 21. The van der Waals surface area contributed by atoms with Gasteiger partial charge < -0.3 is 11.1 Å². The summed E-state index contributed by atoms with van der Waals surface area (Å²) in [6, 6.07) is 0. The molecule has 0 aromatic carbocycles. The van der Waals surface area contributed by atoms with Gasteiger partial charge in [-0.15, -0.1) is 0 Å². The van der Waals surface area contributed by atoms with Crippen LogP contribution in [-0.4, -0.2) is 25.6 Å². The van der Waals surface area contributed by atoms with Crippen LogP contribution in [0.1, 0.15) is 116 Å². The van der Waals surface area contributed by atoms with Crippen LogP contribution in [0.4, 0.5) is 0 Å². The quantitative estimate of drug-likeness (QED) is 0.195. The first-order valence-corrected chi connectivity index (χ1v) is 11.5. The maximum Gasteiger partial charge on any atom is 0.124 e. The molecule has 3 N–H and O–H groups in total. The molecule has 0 bridgehead atoms. The van der Waals surface area contributed by atoms with E-state index in [0.717, 1.165) is 25.0 Å². The van der Waals surface area contributed by atoms with Crippen molar-refractivity contribution in [3.05, 3.63) is 5.57 Å². The number of unbranched alkanes of at least 4 members (excludes halogenated alkanes) is 15. The van der Waals surface area contributed by atoms with Crippen molar-refractivity contribution < 1.29 is 4.79 Å². The van der Waals surface area contributed by atoms with E-state index in [0.29, 0.717) is 13.1 Å². The first kappa shape index (κ1) is 25.4. The van der Waals surface area contributed by atoms with Crippen LogP contribution >= 0.6 is 0 Å². The maximum atomic E-state index is 10.9. The molecule has 154 valence electrons. The first-order chi connectivity index (χ1) is 12.8. The largest absolute Gasteiger partial charge is 0.329 e. The summed E-state index contributed by atoms with van der Waals surface area (Å²) in [4.78, 5) is 10.9. The molecule has 0 unspecified atom stereocenters. The van der Waals surface area contributed by atoms with E-state index in [2.05, 4.69) is 18.2 Å². The number of carbonyl (C=O) groups excluding carboxylic acids is 1. The van der Waals surface area contributed by atoms with E-state index < -0.39 is 0 Å². The van der Waals surface area contributed by atoms with Gasteiger partial charge in [0.2, 0.25) is 0 Å². The van der Waals surface area contributed by atoms with Crippen LogP contribution in [-0.2, 0) is 4.79 Å². The molecule has 0 amide bonds. The van der Waals surface area contributed by atoms with Gasteiger partial charge in [-0.2, -0.15) is 0 Å². The molecule has 0 aliphatic carbocycles. The highest BCUT2D eigenvalue weighted by molar-refractivity contribution is 5.52. The smallest absolute Gasteiger partial charge is 0.124 e. The van der Waals surface area contributed by atoms with Crippen molar-refractivity contribution in [2.75, 3.05) is 19.6 Å². The Balaban J connectivity index is 3.18. The van der Waals surface area contributed by atoms with E-state index >= 15 is 0 Å². The average Bonchev–Trinajstić information content (AvgIpc) is 2.66. The van der Waals surface area contributed by atoms with E-state index in [1.807, 2.05) is 0 Å². The highest BCUT2D eigenvalue weighted by atomic mass is 16.1. The van der Waals surface area contributed by atoms with Crippen LogP contribution in [0, 0.1) is 0 Å². The van der Waals surface area contributed by atoms with Gasteiger partial charge in [0.05, 0.1) is 0 Å². The van der Waals surface area contributed by atoms with Gasteiger partial charge in [-0.05, 0) is 12.8 Å². The minimum absolute atomic E-state index is 0.616. The van der Waals surface area contributed by atoms with Crippen molar-refractivity contribution in [1.29, 1.82) is 0 Å². The summed E-state index contributed by atoms with van der Waals surface area (Å²) < 4.78 is 0. The predicted octanol–water partition coefficient (Wildman–Crippen LogP) is 5.94. The zero-order valence-corrected chi connectivity index (χ0v) is 17.6. The summed E-state index contributed by atoms with van der Waals surface area (Å²) in [5, 5.41) is 3.17. The van der Waals surface area contributed by atoms with E-state index in [1.54, 1.807) is 0 Å². The van der Waals surface area contributed by atoms with Gasteiger partial charge >= 0.3 is 0 Å². The summed E-state index contributed by atoms with van der Waals surface area (Å²) in [5.41, 5.74) is 6.29. The Labute approximate surface area is 163 Å². The molecule has 0 saturated heterocycles. The van der Waals surface area contributed by atoms with Crippen molar-refractivity contribution in [1.82, 2.24) is 5.32 Å². The number of hydrogen-bond acceptors (Lipinski definition) is 3. The zero-order chi connectivity index (χ0) is 19.1. The molecule has 0 saturated carbocycles. The Hall–Kier alpha value is -0.630. The molecule has 3 heteroatoms. The van der Waals surface area contributed by atoms with Gasteiger partial charge in [-0.25, -0.2) is 4.79 Å². The number of nitrogens with two attached hydrogens (primary N) is 1. The van der Waals surface area contributed by atoms with Crippen LogP contribution in [0.5, 0.6) is 0 Å². The Morgan fingerprint density at radius 1 is 0.731 bits per heavy atom. The SMILES string of the molecule is CCCCCCCCCCCCCCCCCCC(=C=O)CNCCN. The second-order valence-electron chi connectivity index (χ2n) is 7.72. The monoisotopic (exact) mass is 366 g/mol. The van der Waals surface area contributed by atoms with E-state index in [4.69, 9.17) is 5.73 Å². The van der Waals surface area contributed by atoms with Crippen molar-refractivity contribution in [2.45, 2.75) is 116 Å². The molecule has 3 nitrogen and oxygen atoms in total. The van der Waals surface area contributed by atoms with Gasteiger partial charge in [0.1, 0.15) is 5.94 Å². The van der Waals surface area contributed by atoms with Crippen molar-refractivity contribution in [3.8, 4) is 0 Å². The maximum absolute atomic E-state index is 10.9. The van der Waals surface area contributed by atoms with Crippen molar-refractivity contribution >= 4 is 5.94 Å². The Bertz CT molecular complexity index is 324. The van der Waals surface area contributed by atoms with Crippen LogP contribution in [0.2, 0.25) is 0 Å². The summed E-state index contributed by atoms with van der Waals surface area (Å²) in [6.07, 6.45) is 23.0. The Morgan fingerprint density at radius 2 is 1.15 bits per heavy atom. The molecule has 0 atom stereocenters. The van der Waals surface area contributed by atoms with Gasteiger partial charge in [0, 0.05) is 25.2 Å². The predicted molar refractivity (Wildman–Crippen MR) is 115 cm³/mol. The first-order valence-electron chi connectivity index (χ1n) is 11.5. The summed E-state index contributed by atoms with van der Waals surface area (Å²) in [7, 11) is 0. The Kier molecular flexibility index (Phi) is 21.9. The second kappa shape index (κ2) is 22.4. The molecule has 0 rings (SSSR count). The highest BCUT2D eigenvalue weighted by Crippen LogP contribution is 2.14. The van der Waals surface area contributed by atoms with E-state index in [9.17, 15) is 4.79 Å². The third-order valence-corrected chi connectivity index (χ3v) is 5.14. The summed E-state index contributed by atoms with van der Waals surface area (Å²) in [6.45, 7) is 4.32. The topological polar surface area (TPSA) is 55.1 Å². The van der Waals surface area contributed by atoms with Gasteiger partial charge in [0.15, 0.2) is 0 Å². The average molecular weight is 367 g/mol. The molecule has 0 aliphatic heterocycles. The normalized spacial score (nSPS) is 10.8. The van der Waals surface area contributed by atoms with Crippen molar-refractivity contribution in [2.24, 2.45) is 5.73 Å². The van der Waals surface area contributed by atoms with Crippen LogP contribution < -0.4 is 11.1 Å². The lowest BCUT2D eigenvalue weighted by molar-refractivity contribution is 0.528. The molecular weight excluding hydrogens is 320 g/mol. The molecule has 0 aromatic heterocycles. The second-order valence-corrected chi connectivity index (χ2v) is 7.72. The number of nitrogens with one attached hydrogen (secondary N) is 1. The molecule has 0 aromatic rings. The van der Waals surface area contributed by atoms with E-state index in [-0.39, 0.29) is 0 Å². The lowest BCUT2D eigenvalue weighted by Gasteiger charge is -2.05. The molecule has 0 spiro atoms. The molecule has 0 fully saturated rings. The van der Waals surface area contributed by atoms with Gasteiger partial charge in [-0.1, -0.05) is 103 Å². The van der Waals surface area contributed by atoms with E-state index in [1.165, 1.54) is 96.3 Å². The minimum atomic E-state index is 0.616. The fourth-order valence-electron chi connectivity index (χ4n) is 3.40. The van der Waals surface area contributed by atoms with Crippen molar-refractivity contribution in [3.63, 3.8) is 0 Å². The summed E-state index contributed by atoms with van der Waals surface area (Å²) >= 11 is 0.